The molecule has 8 nitrogen and oxygen atoms in total. The van der Waals surface area contributed by atoms with Crippen molar-refractivity contribution in [2.75, 3.05) is 12.8 Å². The topological polar surface area (TPSA) is 97.2 Å². The molecule has 1 amide bonds. The van der Waals surface area contributed by atoms with Crippen molar-refractivity contribution in [1.29, 1.82) is 0 Å². The first-order valence-electron chi connectivity index (χ1n) is 7.10. The Morgan fingerprint density at radius 2 is 2.26 bits per heavy atom. The van der Waals surface area contributed by atoms with Crippen molar-refractivity contribution in [3.63, 3.8) is 0 Å². The van der Waals surface area contributed by atoms with E-state index in [4.69, 9.17) is 0 Å². The zero-order chi connectivity index (χ0) is 16.4. The summed E-state index contributed by atoms with van der Waals surface area (Å²) in [6, 6.07) is 1.84. The van der Waals surface area contributed by atoms with E-state index < -0.39 is 10.0 Å². The molecule has 0 radical (unpaired) electrons. The second-order valence-corrected chi connectivity index (χ2v) is 8.06. The SMILES string of the molecule is CS(=O)(=O)N1CCCn2nc(CNC(=O)c3cscn3)cc2C1. The molecule has 3 heterocycles. The second-order valence-electron chi connectivity index (χ2n) is 5.36. The molecule has 2 aromatic heterocycles. The largest absolute Gasteiger partial charge is 0.345 e. The van der Waals surface area contributed by atoms with Gasteiger partial charge >= 0.3 is 0 Å². The first kappa shape index (κ1) is 16.1. The first-order valence-corrected chi connectivity index (χ1v) is 9.90. The maximum atomic E-state index is 11.9. The Bertz CT molecular complexity index is 798. The molecule has 0 atom stereocenters. The van der Waals surface area contributed by atoms with E-state index in [2.05, 4.69) is 15.4 Å². The lowest BCUT2D eigenvalue weighted by Gasteiger charge is -2.16. The molecule has 1 aliphatic heterocycles. The van der Waals surface area contributed by atoms with Gasteiger partial charge in [0.05, 0.1) is 36.2 Å². The Kier molecular flexibility index (Phi) is 4.46. The van der Waals surface area contributed by atoms with Crippen molar-refractivity contribution in [2.24, 2.45) is 0 Å². The summed E-state index contributed by atoms with van der Waals surface area (Å²) >= 11 is 1.36. The number of amides is 1. The molecule has 1 N–H and O–H groups in total. The van der Waals surface area contributed by atoms with Crippen LogP contribution in [0, 0.1) is 0 Å². The van der Waals surface area contributed by atoms with E-state index in [1.807, 2.05) is 10.7 Å². The minimum atomic E-state index is -3.22. The van der Waals surface area contributed by atoms with Gasteiger partial charge in [-0.25, -0.2) is 13.4 Å². The second kappa shape index (κ2) is 6.38. The minimum absolute atomic E-state index is 0.243. The summed E-state index contributed by atoms with van der Waals surface area (Å²) in [7, 11) is -3.22. The van der Waals surface area contributed by atoms with Crippen LogP contribution in [0.5, 0.6) is 0 Å². The molecule has 0 spiro atoms. The van der Waals surface area contributed by atoms with Gasteiger partial charge in [-0.15, -0.1) is 11.3 Å². The highest BCUT2D eigenvalue weighted by Crippen LogP contribution is 2.16. The molecule has 2 aromatic rings. The predicted octanol–water partition coefficient (Wildman–Crippen LogP) is 0.435. The van der Waals surface area contributed by atoms with E-state index in [1.54, 1.807) is 10.9 Å². The summed E-state index contributed by atoms with van der Waals surface area (Å²) in [4.78, 5) is 15.8. The van der Waals surface area contributed by atoms with Gasteiger partial charge in [0.15, 0.2) is 0 Å². The lowest BCUT2D eigenvalue weighted by molar-refractivity contribution is 0.0946. The lowest BCUT2D eigenvalue weighted by atomic mass is 10.3. The lowest BCUT2D eigenvalue weighted by Crippen LogP contribution is -2.29. The Hall–Kier alpha value is -1.78. The highest BCUT2D eigenvalue weighted by molar-refractivity contribution is 7.88. The fourth-order valence-electron chi connectivity index (χ4n) is 2.45. The third kappa shape index (κ3) is 3.77. The Morgan fingerprint density at radius 1 is 1.43 bits per heavy atom. The molecule has 0 bridgehead atoms. The van der Waals surface area contributed by atoms with Crippen molar-refractivity contribution in [2.45, 2.75) is 26.1 Å². The molecule has 0 saturated carbocycles. The first-order chi connectivity index (χ1) is 10.9. The van der Waals surface area contributed by atoms with Crippen molar-refractivity contribution in [3.05, 3.63) is 34.0 Å². The quantitative estimate of drug-likeness (QED) is 0.858. The van der Waals surface area contributed by atoms with Crippen LogP contribution in [-0.2, 0) is 29.7 Å². The smallest absolute Gasteiger partial charge is 0.271 e. The van der Waals surface area contributed by atoms with Crippen LogP contribution in [0.2, 0.25) is 0 Å². The molecular weight excluding hydrogens is 338 g/mol. The summed E-state index contributed by atoms with van der Waals surface area (Å²) in [5.74, 6) is -0.243. The Morgan fingerprint density at radius 3 is 2.96 bits per heavy atom. The van der Waals surface area contributed by atoms with Crippen molar-refractivity contribution >= 4 is 27.3 Å². The van der Waals surface area contributed by atoms with Crippen LogP contribution in [0.15, 0.2) is 17.0 Å². The summed E-state index contributed by atoms with van der Waals surface area (Å²) < 4.78 is 26.7. The van der Waals surface area contributed by atoms with Crippen LogP contribution in [0.1, 0.15) is 28.3 Å². The molecular formula is C13H17N5O3S2. The van der Waals surface area contributed by atoms with E-state index in [0.29, 0.717) is 37.4 Å². The molecule has 0 unspecified atom stereocenters. The number of hydrogen-bond acceptors (Lipinski definition) is 6. The molecule has 0 aliphatic carbocycles. The fourth-order valence-corrected chi connectivity index (χ4v) is 3.81. The van der Waals surface area contributed by atoms with E-state index in [9.17, 15) is 13.2 Å². The third-order valence-corrected chi connectivity index (χ3v) is 5.43. The summed E-state index contributed by atoms with van der Waals surface area (Å²) in [5, 5.41) is 8.89. The Labute approximate surface area is 138 Å². The third-order valence-electron chi connectivity index (χ3n) is 3.59. The minimum Gasteiger partial charge on any atom is -0.345 e. The summed E-state index contributed by atoms with van der Waals surface area (Å²) in [6.45, 7) is 1.76. The molecule has 124 valence electrons. The predicted molar refractivity (Wildman–Crippen MR) is 85.4 cm³/mol. The molecule has 23 heavy (non-hydrogen) atoms. The van der Waals surface area contributed by atoms with E-state index in [0.717, 1.165) is 5.69 Å². The number of hydrogen-bond donors (Lipinski definition) is 1. The van der Waals surface area contributed by atoms with Gasteiger partial charge in [-0.1, -0.05) is 0 Å². The number of fused-ring (bicyclic) bond motifs is 1. The number of sulfonamides is 1. The van der Waals surface area contributed by atoms with Crippen LogP contribution < -0.4 is 5.32 Å². The number of thiazole rings is 1. The van der Waals surface area contributed by atoms with Crippen molar-refractivity contribution in [1.82, 2.24) is 24.4 Å². The zero-order valence-corrected chi connectivity index (χ0v) is 14.2. The van der Waals surface area contributed by atoms with Gasteiger partial charge in [-0.05, 0) is 12.5 Å². The molecule has 0 aromatic carbocycles. The van der Waals surface area contributed by atoms with E-state index in [-0.39, 0.29) is 12.5 Å². The number of carbonyl (C=O) groups excluding carboxylic acids is 1. The average Bonchev–Trinajstić information content (AvgIpc) is 3.10. The number of aryl methyl sites for hydroxylation is 1. The van der Waals surface area contributed by atoms with Crippen LogP contribution in [0.3, 0.4) is 0 Å². The highest BCUT2D eigenvalue weighted by atomic mass is 32.2. The van der Waals surface area contributed by atoms with Gasteiger partial charge in [0.2, 0.25) is 10.0 Å². The van der Waals surface area contributed by atoms with Gasteiger partial charge < -0.3 is 5.32 Å². The van der Waals surface area contributed by atoms with E-state index in [1.165, 1.54) is 21.9 Å². The fraction of sp³-hybridized carbons (Fsp3) is 0.462. The van der Waals surface area contributed by atoms with Crippen LogP contribution >= 0.6 is 11.3 Å². The van der Waals surface area contributed by atoms with Crippen molar-refractivity contribution < 1.29 is 13.2 Å². The van der Waals surface area contributed by atoms with Gasteiger partial charge in [-0.3, -0.25) is 9.48 Å². The average molecular weight is 355 g/mol. The Balaban J connectivity index is 1.69. The number of nitrogens with zero attached hydrogens (tertiary/aromatic N) is 4. The van der Waals surface area contributed by atoms with E-state index >= 15 is 0 Å². The monoisotopic (exact) mass is 355 g/mol. The van der Waals surface area contributed by atoms with Crippen LogP contribution in [-0.4, -0.2) is 46.2 Å². The van der Waals surface area contributed by atoms with Gasteiger partial charge in [-0.2, -0.15) is 9.40 Å². The van der Waals surface area contributed by atoms with Crippen LogP contribution in [0.25, 0.3) is 0 Å². The van der Waals surface area contributed by atoms with Gasteiger partial charge in [0, 0.05) is 18.5 Å². The standard InChI is InChI=1S/C13H17N5O3S2/c1-23(20,21)17-3-2-4-18-11(7-17)5-10(16-18)6-14-13(19)12-8-22-9-15-12/h5,8-9H,2-4,6-7H2,1H3,(H,14,19). The van der Waals surface area contributed by atoms with Crippen molar-refractivity contribution in [3.8, 4) is 0 Å². The number of aromatic nitrogens is 3. The number of carbonyl (C=O) groups is 1. The normalized spacial score (nSPS) is 15.9. The molecule has 3 rings (SSSR count). The maximum Gasteiger partial charge on any atom is 0.271 e. The number of rotatable bonds is 4. The van der Waals surface area contributed by atoms with Crippen LogP contribution in [0.4, 0.5) is 0 Å². The maximum absolute atomic E-state index is 11.9. The highest BCUT2D eigenvalue weighted by Gasteiger charge is 2.22. The van der Waals surface area contributed by atoms with Gasteiger partial charge in [0.25, 0.3) is 5.91 Å². The number of nitrogens with one attached hydrogen (secondary N) is 1. The summed E-state index contributed by atoms with van der Waals surface area (Å²) in [5.41, 5.74) is 3.54. The molecule has 0 saturated heterocycles. The molecule has 1 aliphatic rings. The zero-order valence-electron chi connectivity index (χ0n) is 12.6. The van der Waals surface area contributed by atoms with Gasteiger partial charge in [0.1, 0.15) is 5.69 Å². The molecule has 10 heteroatoms. The molecule has 0 fully saturated rings. The summed E-state index contributed by atoms with van der Waals surface area (Å²) in [6.07, 6.45) is 1.93.